The zero-order valence-corrected chi connectivity index (χ0v) is 17.8. The molecule has 1 aliphatic rings. The number of carbonyl (C=O) groups excluding carboxylic acids is 1. The minimum absolute atomic E-state index is 0.0304. The molecule has 2 aromatic heterocycles. The summed E-state index contributed by atoms with van der Waals surface area (Å²) in [6.45, 7) is 1.87. The number of benzene rings is 1. The number of methoxy groups -OCH3 is 2. The van der Waals surface area contributed by atoms with Gasteiger partial charge in [-0.3, -0.25) is 9.48 Å². The number of hydrogen-bond donors (Lipinski definition) is 2. The minimum atomic E-state index is -0.609. The van der Waals surface area contributed by atoms with E-state index < -0.39 is 11.5 Å². The van der Waals surface area contributed by atoms with Crippen LogP contribution >= 0.6 is 0 Å². The molecule has 9 heteroatoms. The molecule has 1 fully saturated rings. The summed E-state index contributed by atoms with van der Waals surface area (Å²) in [5.74, 6) is -0.103. The number of nitrogens with zero attached hydrogens (tertiary/aromatic N) is 3. The second-order valence-electron chi connectivity index (χ2n) is 8.15. The zero-order valence-electron chi connectivity index (χ0n) is 17.8. The summed E-state index contributed by atoms with van der Waals surface area (Å²) in [4.78, 5) is 12.7. The van der Waals surface area contributed by atoms with Gasteiger partial charge in [0.05, 0.1) is 43.1 Å². The number of hydrogen-bond acceptors (Lipinski definition) is 6. The van der Waals surface area contributed by atoms with Crippen molar-refractivity contribution in [3.8, 4) is 11.6 Å². The number of anilines is 1. The lowest BCUT2D eigenvalue weighted by atomic mass is 9.84. The number of nitrogens with one attached hydrogen (secondary N) is 1. The van der Waals surface area contributed by atoms with Crippen LogP contribution < -0.4 is 19.5 Å². The maximum atomic E-state index is 12.7. The van der Waals surface area contributed by atoms with Crippen molar-refractivity contribution in [2.75, 3.05) is 19.5 Å². The molecule has 2 heterocycles. The third-order valence-corrected chi connectivity index (χ3v) is 5.85. The van der Waals surface area contributed by atoms with Crippen molar-refractivity contribution in [3.63, 3.8) is 0 Å². The summed E-state index contributed by atoms with van der Waals surface area (Å²) in [5.41, 5.74) is 0.482. The Hall–Kier alpha value is -3.33. The Morgan fingerprint density at radius 2 is 2.03 bits per heavy atom. The monoisotopic (exact) mass is 426 g/mol. The van der Waals surface area contributed by atoms with Crippen LogP contribution in [-0.4, -0.2) is 40.6 Å². The normalized spacial score (nSPS) is 21.1. The van der Waals surface area contributed by atoms with Crippen molar-refractivity contribution in [2.24, 2.45) is 0 Å². The standard InChI is InChI=1S/C22H26N4O5/c1-22(28)9-7-15(8-10-22)25-13-14-11-17(19(30-2)12-16(14)24-25)23-21(27)18-5-4-6-20(31-3)26(18)29/h4-6,11-13,15,28H,7-10H2,1-3H3,(H,23,27). The van der Waals surface area contributed by atoms with E-state index in [2.05, 4.69) is 10.4 Å². The highest BCUT2D eigenvalue weighted by Crippen LogP contribution is 2.36. The van der Waals surface area contributed by atoms with Gasteiger partial charge in [-0.15, -0.1) is 4.73 Å². The van der Waals surface area contributed by atoms with Crippen LogP contribution in [0.15, 0.2) is 36.5 Å². The van der Waals surface area contributed by atoms with Gasteiger partial charge >= 0.3 is 11.8 Å². The van der Waals surface area contributed by atoms with E-state index in [4.69, 9.17) is 9.47 Å². The van der Waals surface area contributed by atoms with Gasteiger partial charge in [0.1, 0.15) is 5.75 Å². The molecule has 0 aliphatic heterocycles. The maximum Gasteiger partial charge on any atom is 0.379 e. The molecule has 0 radical (unpaired) electrons. The van der Waals surface area contributed by atoms with Crippen molar-refractivity contribution in [3.05, 3.63) is 47.4 Å². The van der Waals surface area contributed by atoms with Gasteiger partial charge in [0, 0.05) is 23.7 Å². The number of ether oxygens (including phenoxy) is 2. The predicted octanol–water partition coefficient (Wildman–Crippen LogP) is 2.81. The topological polar surface area (TPSA) is 113 Å². The molecule has 0 bridgehead atoms. The molecule has 9 nitrogen and oxygen atoms in total. The van der Waals surface area contributed by atoms with Gasteiger partial charge in [0.15, 0.2) is 0 Å². The molecule has 1 aromatic carbocycles. The first-order valence-corrected chi connectivity index (χ1v) is 10.2. The Labute approximate surface area is 179 Å². The van der Waals surface area contributed by atoms with Crippen LogP contribution in [0.1, 0.15) is 49.1 Å². The Morgan fingerprint density at radius 3 is 2.71 bits per heavy atom. The van der Waals surface area contributed by atoms with Crippen LogP contribution in [0.2, 0.25) is 0 Å². The lowest BCUT2D eigenvalue weighted by molar-refractivity contribution is -0.614. The van der Waals surface area contributed by atoms with Gasteiger partial charge in [-0.2, -0.15) is 5.10 Å². The van der Waals surface area contributed by atoms with Crippen LogP contribution in [0, 0.1) is 5.21 Å². The van der Waals surface area contributed by atoms with Crippen molar-refractivity contribution < 1.29 is 24.1 Å². The van der Waals surface area contributed by atoms with E-state index in [9.17, 15) is 15.1 Å². The molecule has 3 aromatic rings. The molecule has 164 valence electrons. The van der Waals surface area contributed by atoms with E-state index in [0.717, 1.165) is 36.6 Å². The van der Waals surface area contributed by atoms with Crippen molar-refractivity contribution in [1.29, 1.82) is 0 Å². The van der Waals surface area contributed by atoms with E-state index in [1.54, 1.807) is 18.2 Å². The molecule has 1 aliphatic carbocycles. The molecule has 0 atom stereocenters. The second-order valence-corrected chi connectivity index (χ2v) is 8.15. The van der Waals surface area contributed by atoms with Gasteiger partial charge in [-0.25, -0.2) is 0 Å². The molecule has 1 saturated carbocycles. The van der Waals surface area contributed by atoms with E-state index in [1.807, 2.05) is 17.8 Å². The number of carbonyl (C=O) groups is 1. The van der Waals surface area contributed by atoms with Crippen molar-refractivity contribution >= 4 is 22.5 Å². The summed E-state index contributed by atoms with van der Waals surface area (Å²) in [7, 11) is 2.88. The lowest BCUT2D eigenvalue weighted by Crippen LogP contribution is -2.38. The van der Waals surface area contributed by atoms with Gasteiger partial charge in [0.25, 0.3) is 5.69 Å². The number of amides is 1. The van der Waals surface area contributed by atoms with Crippen molar-refractivity contribution in [2.45, 2.75) is 44.2 Å². The Morgan fingerprint density at radius 1 is 1.29 bits per heavy atom. The summed E-state index contributed by atoms with van der Waals surface area (Å²) in [6.07, 6.45) is 5.10. The first-order chi connectivity index (χ1) is 14.8. The highest BCUT2D eigenvalue weighted by Gasteiger charge is 2.30. The van der Waals surface area contributed by atoms with Crippen LogP contribution in [0.25, 0.3) is 10.9 Å². The predicted molar refractivity (Wildman–Crippen MR) is 114 cm³/mol. The first-order valence-electron chi connectivity index (χ1n) is 10.2. The molecule has 0 unspecified atom stereocenters. The van der Waals surface area contributed by atoms with E-state index in [-0.39, 0.29) is 17.6 Å². The molecule has 0 saturated heterocycles. The maximum absolute atomic E-state index is 12.7. The highest BCUT2D eigenvalue weighted by atomic mass is 16.5. The van der Waals surface area contributed by atoms with Gasteiger partial charge < -0.3 is 25.1 Å². The minimum Gasteiger partial charge on any atom is -0.615 e. The smallest absolute Gasteiger partial charge is 0.379 e. The largest absolute Gasteiger partial charge is 0.615 e. The molecule has 4 rings (SSSR count). The quantitative estimate of drug-likeness (QED) is 0.479. The van der Waals surface area contributed by atoms with E-state index in [0.29, 0.717) is 16.2 Å². The molecular formula is C22H26N4O5. The van der Waals surface area contributed by atoms with Crippen LogP contribution in [0.4, 0.5) is 5.69 Å². The van der Waals surface area contributed by atoms with Crippen molar-refractivity contribution in [1.82, 2.24) is 9.78 Å². The van der Waals surface area contributed by atoms with Crippen LogP contribution in [-0.2, 0) is 0 Å². The average Bonchev–Trinajstić information content (AvgIpc) is 3.15. The molecular weight excluding hydrogens is 400 g/mol. The summed E-state index contributed by atoms with van der Waals surface area (Å²) < 4.78 is 12.8. The molecule has 2 N–H and O–H groups in total. The van der Waals surface area contributed by atoms with E-state index >= 15 is 0 Å². The average molecular weight is 426 g/mol. The van der Waals surface area contributed by atoms with Gasteiger partial charge in [-0.1, -0.05) is 0 Å². The number of fused-ring (bicyclic) bond motifs is 1. The number of aliphatic hydroxyl groups is 1. The SMILES string of the molecule is COc1cc2nn(C3CCC(C)(O)CC3)cc2cc1NC(=O)c1cccc(OC)[n+]1[O-]. The van der Waals surface area contributed by atoms with Crippen LogP contribution in [0.5, 0.6) is 11.6 Å². The molecule has 31 heavy (non-hydrogen) atoms. The Bertz CT molecular complexity index is 1110. The highest BCUT2D eigenvalue weighted by molar-refractivity contribution is 6.04. The number of aromatic nitrogens is 3. The fourth-order valence-electron chi connectivity index (χ4n) is 4.00. The fourth-order valence-corrected chi connectivity index (χ4v) is 4.00. The van der Waals surface area contributed by atoms with Gasteiger partial charge in [0.2, 0.25) is 0 Å². The zero-order chi connectivity index (χ0) is 22.2. The summed E-state index contributed by atoms with van der Waals surface area (Å²) in [5, 5.41) is 30.8. The summed E-state index contributed by atoms with van der Waals surface area (Å²) >= 11 is 0. The summed E-state index contributed by atoms with van der Waals surface area (Å²) in [6, 6.07) is 8.24. The Balaban J connectivity index is 1.62. The molecule has 1 amide bonds. The third-order valence-electron chi connectivity index (χ3n) is 5.85. The fraction of sp³-hybridized carbons (Fsp3) is 0.409. The third kappa shape index (κ3) is 4.13. The number of rotatable bonds is 5. The van der Waals surface area contributed by atoms with E-state index in [1.165, 1.54) is 26.4 Å². The van der Waals surface area contributed by atoms with Gasteiger partial charge in [-0.05, 0) is 44.7 Å². The second kappa shape index (κ2) is 8.07. The van der Waals surface area contributed by atoms with Crippen LogP contribution in [0.3, 0.4) is 0 Å². The lowest BCUT2D eigenvalue weighted by Gasteiger charge is -2.33. The first kappa shape index (κ1) is 20.9. The molecule has 0 spiro atoms. The number of pyridine rings is 1. The Kier molecular flexibility index (Phi) is 5.45.